The Kier molecular flexibility index (Phi) is 4.66. The van der Waals surface area contributed by atoms with Crippen molar-refractivity contribution in [2.75, 3.05) is 0 Å². The molecule has 2 aromatic heterocycles. The molecule has 0 radical (unpaired) electrons. The van der Waals surface area contributed by atoms with Gasteiger partial charge in [-0.25, -0.2) is 9.94 Å². The van der Waals surface area contributed by atoms with Gasteiger partial charge in [0.2, 0.25) is 0 Å². The van der Waals surface area contributed by atoms with Gasteiger partial charge < -0.3 is 5.73 Å². The van der Waals surface area contributed by atoms with Crippen LogP contribution in [-0.2, 0) is 13.6 Å². The molecule has 0 bridgehead atoms. The van der Waals surface area contributed by atoms with Crippen LogP contribution in [0.25, 0.3) is 38.0 Å². The third kappa shape index (κ3) is 3.09. The van der Waals surface area contributed by atoms with Gasteiger partial charge in [-0.05, 0) is 36.2 Å². The first-order valence-electron chi connectivity index (χ1n) is 8.86. The number of nitrogens with one attached hydrogen (secondary N) is 1. The lowest BCUT2D eigenvalue weighted by atomic mass is 9.97. The average Bonchev–Trinajstić information content (AvgIpc) is 3.11. The van der Waals surface area contributed by atoms with Crippen LogP contribution in [0.2, 0.25) is 5.02 Å². The molecule has 0 spiro atoms. The van der Waals surface area contributed by atoms with Gasteiger partial charge in [-0.15, -0.1) is 0 Å². The highest BCUT2D eigenvalue weighted by molar-refractivity contribution is 6.31. The predicted octanol–water partition coefficient (Wildman–Crippen LogP) is 3.96. The lowest BCUT2D eigenvalue weighted by Gasteiger charge is -2.12. The van der Waals surface area contributed by atoms with E-state index >= 15 is 0 Å². The van der Waals surface area contributed by atoms with E-state index in [2.05, 4.69) is 20.1 Å². The molecule has 0 amide bonds. The number of fused-ring (bicyclic) bond motifs is 1. The first-order valence-corrected chi connectivity index (χ1v) is 9.24. The van der Waals surface area contributed by atoms with Gasteiger partial charge in [0.15, 0.2) is 5.69 Å². The molecule has 0 aliphatic carbocycles. The van der Waals surface area contributed by atoms with Gasteiger partial charge >= 0.3 is 0 Å². The number of rotatable bonds is 3. The molecule has 0 unspecified atom stereocenters. The third-order valence-corrected chi connectivity index (χ3v) is 5.37. The minimum atomic E-state index is -0.265. The van der Waals surface area contributed by atoms with Crippen molar-refractivity contribution in [3.05, 3.63) is 74.6 Å². The second-order valence-electron chi connectivity index (χ2n) is 6.72. The molecule has 0 aliphatic rings. The Labute approximate surface area is 171 Å². The fraction of sp³-hybridized carbons (Fsp3) is 0.143. The van der Waals surface area contributed by atoms with Crippen molar-refractivity contribution >= 4 is 28.1 Å². The van der Waals surface area contributed by atoms with Crippen molar-refractivity contribution in [1.29, 1.82) is 0 Å². The van der Waals surface area contributed by atoms with E-state index in [0.717, 1.165) is 27.9 Å². The molecule has 7 nitrogen and oxygen atoms in total. The third-order valence-electron chi connectivity index (χ3n) is 4.96. The summed E-state index contributed by atoms with van der Waals surface area (Å²) in [6, 6.07) is 9.07. The number of hydrogen-bond acceptors (Lipinski definition) is 4. The Morgan fingerprint density at radius 2 is 2.03 bits per heavy atom. The van der Waals surface area contributed by atoms with E-state index in [-0.39, 0.29) is 12.1 Å². The lowest BCUT2D eigenvalue weighted by Crippen LogP contribution is -2.13. The Balaban J connectivity index is 2.00. The first kappa shape index (κ1) is 18.9. The fourth-order valence-electron chi connectivity index (χ4n) is 3.46. The van der Waals surface area contributed by atoms with Crippen LogP contribution in [-0.4, -0.2) is 20.0 Å². The highest BCUT2D eigenvalue weighted by atomic mass is 35.5. The maximum Gasteiger partial charge on any atom is 0.272 e. The van der Waals surface area contributed by atoms with Crippen LogP contribution in [0.4, 0.5) is 5.69 Å². The van der Waals surface area contributed by atoms with Gasteiger partial charge in [0.05, 0.1) is 29.5 Å². The summed E-state index contributed by atoms with van der Waals surface area (Å²) < 4.78 is 1.73. The van der Waals surface area contributed by atoms with E-state index < -0.39 is 0 Å². The summed E-state index contributed by atoms with van der Waals surface area (Å²) in [7, 11) is 1.83. The molecule has 2 aromatic carbocycles. The molecule has 0 fully saturated rings. The van der Waals surface area contributed by atoms with Crippen LogP contribution < -0.4 is 11.3 Å². The highest BCUT2D eigenvalue weighted by Gasteiger charge is 2.18. The van der Waals surface area contributed by atoms with Crippen LogP contribution in [0.3, 0.4) is 0 Å². The molecular weight excluding hydrogens is 388 g/mol. The molecule has 29 heavy (non-hydrogen) atoms. The van der Waals surface area contributed by atoms with Crippen LogP contribution in [0.1, 0.15) is 11.3 Å². The number of nitrogens with two attached hydrogens (primary N) is 1. The van der Waals surface area contributed by atoms with E-state index in [0.29, 0.717) is 27.2 Å². The van der Waals surface area contributed by atoms with Gasteiger partial charge in [0.1, 0.15) is 0 Å². The highest BCUT2D eigenvalue weighted by Crippen LogP contribution is 2.40. The normalized spacial score (nSPS) is 11.0. The van der Waals surface area contributed by atoms with Gasteiger partial charge in [-0.2, -0.15) is 10.2 Å². The number of aromatic amines is 1. The molecule has 8 heteroatoms. The molecular formula is C21H17ClN6O. The Bertz CT molecular complexity index is 1360. The number of hydrogen-bond donors (Lipinski definition) is 2. The van der Waals surface area contributed by atoms with Crippen molar-refractivity contribution < 1.29 is 0 Å². The van der Waals surface area contributed by atoms with Crippen LogP contribution in [0.5, 0.6) is 0 Å². The topological polar surface area (TPSA) is 93.9 Å². The Morgan fingerprint density at radius 3 is 2.76 bits per heavy atom. The van der Waals surface area contributed by atoms with Crippen LogP contribution in [0.15, 0.2) is 41.3 Å². The second kappa shape index (κ2) is 7.17. The molecule has 0 saturated heterocycles. The van der Waals surface area contributed by atoms with Crippen molar-refractivity contribution in [3.8, 4) is 22.4 Å². The van der Waals surface area contributed by atoms with Gasteiger partial charge in [-0.3, -0.25) is 9.48 Å². The summed E-state index contributed by atoms with van der Waals surface area (Å²) in [6.07, 6.45) is 1.75. The number of aromatic nitrogens is 4. The molecule has 0 atom stereocenters. The molecule has 0 saturated carbocycles. The number of aryl methyl sites for hydroxylation is 2. The van der Waals surface area contributed by atoms with E-state index in [1.165, 1.54) is 0 Å². The SMILES string of the molecule is [C-]#[N+]c1cc(Cl)c(C)cc1-c1c(-c2ccc3c(=O)[nH]nc(CN)c3c2)cnn1C. The van der Waals surface area contributed by atoms with Crippen LogP contribution >= 0.6 is 11.6 Å². The Hall–Kier alpha value is -3.47. The number of benzene rings is 2. The average molecular weight is 405 g/mol. The van der Waals surface area contributed by atoms with E-state index in [1.807, 2.05) is 32.2 Å². The second-order valence-corrected chi connectivity index (χ2v) is 7.13. The zero-order valence-corrected chi connectivity index (χ0v) is 16.6. The maximum absolute atomic E-state index is 12.1. The number of halogens is 1. The van der Waals surface area contributed by atoms with E-state index in [9.17, 15) is 4.79 Å². The summed E-state index contributed by atoms with van der Waals surface area (Å²) in [5.41, 5.74) is 10.7. The summed E-state index contributed by atoms with van der Waals surface area (Å²) in [5.74, 6) is 0. The van der Waals surface area contributed by atoms with E-state index in [1.54, 1.807) is 23.0 Å². The quantitative estimate of drug-likeness (QED) is 0.505. The molecule has 144 valence electrons. The number of nitrogens with zero attached hydrogens (tertiary/aromatic N) is 4. The summed E-state index contributed by atoms with van der Waals surface area (Å²) in [6.45, 7) is 9.66. The molecule has 4 aromatic rings. The predicted molar refractivity (Wildman–Crippen MR) is 114 cm³/mol. The van der Waals surface area contributed by atoms with Crippen LogP contribution in [0, 0.1) is 13.5 Å². The van der Waals surface area contributed by atoms with E-state index in [4.69, 9.17) is 23.9 Å². The standard InChI is InChI=1S/C21H17ClN6O/c1-11-6-15(18(24-2)8-17(11)22)20-16(10-25-28(20)3)12-4-5-13-14(7-12)19(9-23)26-27-21(13)29/h4-8,10H,9,23H2,1,3H3,(H,27,29). The molecule has 2 heterocycles. The van der Waals surface area contributed by atoms with Crippen molar-refractivity contribution in [2.45, 2.75) is 13.5 Å². The maximum atomic E-state index is 12.1. The zero-order valence-electron chi connectivity index (χ0n) is 15.8. The van der Waals surface area contributed by atoms with Gasteiger partial charge in [0, 0.05) is 35.1 Å². The van der Waals surface area contributed by atoms with Gasteiger partial charge in [0.25, 0.3) is 5.56 Å². The smallest absolute Gasteiger partial charge is 0.272 e. The lowest BCUT2D eigenvalue weighted by molar-refractivity contribution is 0.776. The van der Waals surface area contributed by atoms with Crippen molar-refractivity contribution in [3.63, 3.8) is 0 Å². The molecule has 4 rings (SSSR count). The zero-order chi connectivity index (χ0) is 20.7. The first-order chi connectivity index (χ1) is 13.9. The summed E-state index contributed by atoms with van der Waals surface area (Å²) in [4.78, 5) is 15.8. The van der Waals surface area contributed by atoms with Crippen molar-refractivity contribution in [2.24, 2.45) is 12.8 Å². The minimum absolute atomic E-state index is 0.203. The summed E-state index contributed by atoms with van der Waals surface area (Å²) >= 11 is 6.22. The minimum Gasteiger partial charge on any atom is -0.325 e. The summed E-state index contributed by atoms with van der Waals surface area (Å²) in [5, 5.41) is 12.7. The van der Waals surface area contributed by atoms with Gasteiger partial charge in [-0.1, -0.05) is 23.7 Å². The fourth-order valence-corrected chi connectivity index (χ4v) is 3.62. The van der Waals surface area contributed by atoms with Crippen molar-refractivity contribution in [1.82, 2.24) is 20.0 Å². The molecule has 0 aliphatic heterocycles. The molecule has 3 N–H and O–H groups in total. The number of H-pyrrole nitrogens is 1. The monoisotopic (exact) mass is 404 g/mol. The largest absolute Gasteiger partial charge is 0.325 e. The Morgan fingerprint density at radius 1 is 1.24 bits per heavy atom.